The van der Waals surface area contributed by atoms with Crippen LogP contribution in [-0.2, 0) is 26.2 Å². The SMILES string of the molecule is Cc1ccccc1CN(C(=O)CN(c1ccc([N+](=O)[O-])cc1)S(=O)(=O)c1ccccc1)[C@H](C)C(=O)NCC(C)C. The van der Waals surface area contributed by atoms with Crippen molar-refractivity contribution in [1.82, 2.24) is 10.2 Å². The first-order valence-electron chi connectivity index (χ1n) is 12.9. The number of nitrogens with zero attached hydrogens (tertiary/aromatic N) is 3. The van der Waals surface area contributed by atoms with Gasteiger partial charge in [-0.05, 0) is 55.2 Å². The molecule has 0 aromatic heterocycles. The summed E-state index contributed by atoms with van der Waals surface area (Å²) in [6.45, 7) is 7.30. The minimum Gasteiger partial charge on any atom is -0.354 e. The number of hydrogen-bond acceptors (Lipinski definition) is 6. The van der Waals surface area contributed by atoms with Crippen molar-refractivity contribution in [2.45, 2.75) is 45.2 Å². The number of carbonyl (C=O) groups is 2. The first-order valence-corrected chi connectivity index (χ1v) is 14.3. The Morgan fingerprint density at radius 2 is 1.52 bits per heavy atom. The van der Waals surface area contributed by atoms with Crippen LogP contribution < -0.4 is 9.62 Å². The molecule has 0 aliphatic rings. The second-order valence-corrected chi connectivity index (χ2v) is 11.7. The summed E-state index contributed by atoms with van der Waals surface area (Å²) in [5.74, 6) is -0.762. The fourth-order valence-corrected chi connectivity index (χ4v) is 5.43. The number of benzene rings is 3. The molecule has 0 saturated heterocycles. The summed E-state index contributed by atoms with van der Waals surface area (Å²) in [4.78, 5) is 38.9. The number of aryl methyl sites for hydroxylation is 1. The maximum atomic E-state index is 13.9. The van der Waals surface area contributed by atoms with E-state index < -0.39 is 33.4 Å². The third-order valence-corrected chi connectivity index (χ3v) is 8.20. The van der Waals surface area contributed by atoms with E-state index in [9.17, 15) is 28.1 Å². The first-order chi connectivity index (χ1) is 18.9. The lowest BCUT2D eigenvalue weighted by atomic mass is 10.1. The summed E-state index contributed by atoms with van der Waals surface area (Å²) in [6, 6.07) is 19.1. The van der Waals surface area contributed by atoms with Gasteiger partial charge in [-0.25, -0.2) is 8.42 Å². The lowest BCUT2D eigenvalue weighted by Gasteiger charge is -2.32. The number of anilines is 1. The number of nitrogens with one attached hydrogen (secondary N) is 1. The molecule has 0 aliphatic heterocycles. The van der Waals surface area contributed by atoms with Crippen molar-refractivity contribution in [3.63, 3.8) is 0 Å². The topological polar surface area (TPSA) is 130 Å². The summed E-state index contributed by atoms with van der Waals surface area (Å²) in [5.41, 5.74) is 1.59. The molecule has 40 heavy (non-hydrogen) atoms. The second kappa shape index (κ2) is 13.2. The number of non-ortho nitro benzene ring substituents is 1. The Morgan fingerprint density at radius 1 is 0.925 bits per heavy atom. The van der Waals surface area contributed by atoms with Crippen molar-refractivity contribution >= 4 is 33.2 Å². The lowest BCUT2D eigenvalue weighted by Crippen LogP contribution is -2.51. The maximum absolute atomic E-state index is 13.9. The summed E-state index contributed by atoms with van der Waals surface area (Å²) in [7, 11) is -4.25. The molecule has 1 N–H and O–H groups in total. The van der Waals surface area contributed by atoms with Crippen LogP contribution in [-0.4, -0.2) is 49.2 Å². The molecule has 0 aliphatic carbocycles. The Morgan fingerprint density at radius 3 is 2.10 bits per heavy atom. The fourth-order valence-electron chi connectivity index (χ4n) is 4.00. The molecule has 11 heteroatoms. The van der Waals surface area contributed by atoms with E-state index in [-0.39, 0.29) is 34.6 Å². The van der Waals surface area contributed by atoms with Crippen LogP contribution in [0.25, 0.3) is 0 Å². The summed E-state index contributed by atoms with van der Waals surface area (Å²) in [6.07, 6.45) is 0. The van der Waals surface area contributed by atoms with E-state index in [1.165, 1.54) is 41.3 Å². The monoisotopic (exact) mass is 566 g/mol. The molecule has 1 atom stereocenters. The third-order valence-electron chi connectivity index (χ3n) is 6.41. The molecular weight excluding hydrogens is 532 g/mol. The zero-order valence-electron chi connectivity index (χ0n) is 23.0. The number of sulfonamides is 1. The van der Waals surface area contributed by atoms with Crippen molar-refractivity contribution in [2.24, 2.45) is 5.92 Å². The molecule has 10 nitrogen and oxygen atoms in total. The largest absolute Gasteiger partial charge is 0.354 e. The van der Waals surface area contributed by atoms with Crippen LogP contribution in [0.2, 0.25) is 0 Å². The highest BCUT2D eigenvalue weighted by molar-refractivity contribution is 7.92. The van der Waals surface area contributed by atoms with Crippen LogP contribution in [0, 0.1) is 23.0 Å². The van der Waals surface area contributed by atoms with E-state index in [0.717, 1.165) is 15.4 Å². The average molecular weight is 567 g/mol. The maximum Gasteiger partial charge on any atom is 0.269 e. The van der Waals surface area contributed by atoms with Crippen molar-refractivity contribution in [3.8, 4) is 0 Å². The van der Waals surface area contributed by atoms with Crippen LogP contribution in [0.5, 0.6) is 0 Å². The minimum atomic E-state index is -4.25. The van der Waals surface area contributed by atoms with Gasteiger partial charge >= 0.3 is 0 Å². The van der Waals surface area contributed by atoms with Gasteiger partial charge in [0.2, 0.25) is 11.8 Å². The predicted octanol–water partition coefficient (Wildman–Crippen LogP) is 4.29. The number of carbonyl (C=O) groups excluding carboxylic acids is 2. The molecule has 212 valence electrons. The molecule has 0 saturated carbocycles. The number of rotatable bonds is 12. The highest BCUT2D eigenvalue weighted by Crippen LogP contribution is 2.26. The van der Waals surface area contributed by atoms with Gasteiger partial charge in [0, 0.05) is 25.2 Å². The predicted molar refractivity (Wildman–Crippen MR) is 153 cm³/mol. The van der Waals surface area contributed by atoms with Gasteiger partial charge in [0.15, 0.2) is 0 Å². The Kier molecular flexibility index (Phi) is 10.0. The standard InChI is InChI=1S/C29H34N4O6S/c1-21(2)18-30-29(35)23(4)31(19-24-11-9-8-10-22(24)3)28(34)20-32(25-14-16-26(17-15-25)33(36)37)40(38,39)27-12-6-5-7-13-27/h5-17,21,23H,18-20H2,1-4H3,(H,30,35)/t23-/m1/s1. The number of hydrogen-bond donors (Lipinski definition) is 1. The summed E-state index contributed by atoms with van der Waals surface area (Å²) >= 11 is 0. The smallest absolute Gasteiger partial charge is 0.269 e. The average Bonchev–Trinajstić information content (AvgIpc) is 2.94. The van der Waals surface area contributed by atoms with Crippen molar-refractivity contribution in [3.05, 3.63) is 100 Å². The van der Waals surface area contributed by atoms with Crippen LogP contribution in [0.3, 0.4) is 0 Å². The van der Waals surface area contributed by atoms with E-state index in [2.05, 4.69) is 5.32 Å². The van der Waals surface area contributed by atoms with Gasteiger partial charge in [0.05, 0.1) is 15.5 Å². The summed E-state index contributed by atoms with van der Waals surface area (Å²) in [5, 5.41) is 14.0. The lowest BCUT2D eigenvalue weighted by molar-refractivity contribution is -0.384. The van der Waals surface area contributed by atoms with E-state index in [1.54, 1.807) is 25.1 Å². The first kappa shape index (κ1) is 30.3. The van der Waals surface area contributed by atoms with Crippen LogP contribution in [0.1, 0.15) is 31.9 Å². The van der Waals surface area contributed by atoms with Gasteiger partial charge in [0.25, 0.3) is 15.7 Å². The van der Waals surface area contributed by atoms with Crippen molar-refractivity contribution < 1.29 is 22.9 Å². The van der Waals surface area contributed by atoms with Gasteiger partial charge in [0.1, 0.15) is 12.6 Å². The zero-order valence-corrected chi connectivity index (χ0v) is 23.8. The zero-order chi connectivity index (χ0) is 29.4. The van der Waals surface area contributed by atoms with Gasteiger partial charge < -0.3 is 10.2 Å². The van der Waals surface area contributed by atoms with Gasteiger partial charge in [-0.1, -0.05) is 56.3 Å². The van der Waals surface area contributed by atoms with E-state index in [4.69, 9.17) is 0 Å². The number of nitro benzene ring substituents is 1. The van der Waals surface area contributed by atoms with E-state index in [0.29, 0.717) is 6.54 Å². The van der Waals surface area contributed by atoms with Crippen molar-refractivity contribution in [2.75, 3.05) is 17.4 Å². The molecule has 0 fully saturated rings. The van der Waals surface area contributed by atoms with Crippen LogP contribution >= 0.6 is 0 Å². The van der Waals surface area contributed by atoms with Gasteiger partial charge in [-0.3, -0.25) is 24.0 Å². The Hall–Kier alpha value is -4.25. The molecule has 0 radical (unpaired) electrons. The second-order valence-electron chi connectivity index (χ2n) is 9.86. The highest BCUT2D eigenvalue weighted by atomic mass is 32.2. The fraction of sp³-hybridized carbons (Fsp3) is 0.310. The molecule has 0 unspecified atom stereocenters. The number of amides is 2. The molecule has 3 aromatic carbocycles. The Bertz CT molecular complexity index is 1440. The highest BCUT2D eigenvalue weighted by Gasteiger charge is 2.32. The molecule has 2 amide bonds. The van der Waals surface area contributed by atoms with E-state index in [1.807, 2.05) is 45.0 Å². The molecule has 0 heterocycles. The molecule has 0 spiro atoms. The summed E-state index contributed by atoms with van der Waals surface area (Å²) < 4.78 is 28.4. The van der Waals surface area contributed by atoms with Crippen molar-refractivity contribution in [1.29, 1.82) is 0 Å². The van der Waals surface area contributed by atoms with Crippen LogP contribution in [0.15, 0.2) is 83.8 Å². The normalized spacial score (nSPS) is 12.0. The van der Waals surface area contributed by atoms with Gasteiger partial charge in [-0.15, -0.1) is 0 Å². The Balaban J connectivity index is 2.03. The quantitative estimate of drug-likeness (QED) is 0.257. The molecule has 0 bridgehead atoms. The minimum absolute atomic E-state index is 0.0469. The number of nitro groups is 1. The molecular formula is C29H34N4O6S. The van der Waals surface area contributed by atoms with Crippen LogP contribution in [0.4, 0.5) is 11.4 Å². The van der Waals surface area contributed by atoms with E-state index >= 15 is 0 Å². The molecule has 3 aromatic rings. The molecule has 3 rings (SSSR count). The third kappa shape index (κ3) is 7.44. The Labute approximate surface area is 234 Å². The van der Waals surface area contributed by atoms with Gasteiger partial charge in [-0.2, -0.15) is 0 Å².